The predicted octanol–water partition coefficient (Wildman–Crippen LogP) is 4.92. The highest BCUT2D eigenvalue weighted by molar-refractivity contribution is 7.92. The van der Waals surface area contributed by atoms with Crippen molar-refractivity contribution in [1.82, 2.24) is 10.2 Å². The molecule has 0 spiro atoms. The van der Waals surface area contributed by atoms with Crippen LogP contribution in [0.25, 0.3) is 0 Å². The molecule has 2 amide bonds. The van der Waals surface area contributed by atoms with E-state index in [0.717, 1.165) is 27.3 Å². The van der Waals surface area contributed by atoms with Gasteiger partial charge in [-0.3, -0.25) is 13.9 Å². The number of nitrogens with one attached hydrogen (secondary N) is 1. The number of rotatable bonds is 14. The molecule has 0 bridgehead atoms. The first-order valence-electron chi connectivity index (χ1n) is 13.9. The molecule has 8 nitrogen and oxygen atoms in total. The summed E-state index contributed by atoms with van der Waals surface area (Å²) < 4.78 is 32.7. The second-order valence-electron chi connectivity index (χ2n) is 10.5. The maximum absolute atomic E-state index is 13.9. The van der Waals surface area contributed by atoms with Crippen LogP contribution >= 0.6 is 0 Å². The fraction of sp³-hybridized carbons (Fsp3) is 0.375. The molecule has 0 saturated carbocycles. The van der Waals surface area contributed by atoms with Crippen molar-refractivity contribution in [2.45, 2.75) is 53.3 Å². The molecule has 1 atom stereocenters. The number of hydrogen-bond donors (Lipinski definition) is 1. The van der Waals surface area contributed by atoms with Gasteiger partial charge in [0.2, 0.25) is 21.8 Å². The van der Waals surface area contributed by atoms with Crippen LogP contribution in [0.4, 0.5) is 5.69 Å². The van der Waals surface area contributed by atoms with Gasteiger partial charge in [-0.2, -0.15) is 0 Å². The normalized spacial score (nSPS) is 12.0. The highest BCUT2D eigenvalue weighted by Crippen LogP contribution is 2.24. The van der Waals surface area contributed by atoms with Crippen LogP contribution in [0, 0.1) is 12.8 Å². The van der Waals surface area contributed by atoms with E-state index in [2.05, 4.69) is 5.32 Å². The van der Waals surface area contributed by atoms with Crippen LogP contribution in [0.5, 0.6) is 5.75 Å². The first kappa shape index (κ1) is 31.7. The second-order valence-corrected chi connectivity index (χ2v) is 12.5. The maximum atomic E-state index is 13.9. The van der Waals surface area contributed by atoms with Crippen LogP contribution in [-0.2, 0) is 32.8 Å². The van der Waals surface area contributed by atoms with Gasteiger partial charge in [-0.15, -0.1) is 0 Å². The number of aryl methyl sites for hydroxylation is 1. The van der Waals surface area contributed by atoms with Crippen LogP contribution in [0.3, 0.4) is 0 Å². The maximum Gasteiger partial charge on any atom is 0.244 e. The number of anilines is 1. The number of nitrogens with zero attached hydrogens (tertiary/aromatic N) is 2. The largest absolute Gasteiger partial charge is 0.489 e. The lowest BCUT2D eigenvalue weighted by Crippen LogP contribution is -2.52. The van der Waals surface area contributed by atoms with Gasteiger partial charge in [0.25, 0.3) is 0 Å². The first-order chi connectivity index (χ1) is 19.5. The number of amides is 2. The van der Waals surface area contributed by atoms with E-state index in [1.54, 1.807) is 24.3 Å². The summed E-state index contributed by atoms with van der Waals surface area (Å²) in [6, 6.07) is 23.2. The lowest BCUT2D eigenvalue weighted by atomic mass is 10.1. The summed E-state index contributed by atoms with van der Waals surface area (Å²) in [5.74, 6) is 0.104. The van der Waals surface area contributed by atoms with E-state index in [4.69, 9.17) is 4.74 Å². The van der Waals surface area contributed by atoms with Crippen LogP contribution in [0.2, 0.25) is 0 Å². The SMILES string of the molecule is CC[C@@H](C(=O)NCC(C)C)N(Cc1ccccc1C)C(=O)CN(c1ccc(OCc2ccccc2)cc1)S(C)(=O)=O. The molecule has 3 aromatic carbocycles. The molecule has 0 fully saturated rings. The molecular weight excluding hydrogens is 538 g/mol. The molecule has 0 aliphatic heterocycles. The third kappa shape index (κ3) is 9.35. The lowest BCUT2D eigenvalue weighted by molar-refractivity contribution is -0.140. The minimum absolute atomic E-state index is 0.184. The Morgan fingerprint density at radius 3 is 2.15 bits per heavy atom. The number of hydrogen-bond acceptors (Lipinski definition) is 5. The topological polar surface area (TPSA) is 96.0 Å². The van der Waals surface area contributed by atoms with Crippen molar-refractivity contribution < 1.29 is 22.7 Å². The smallest absolute Gasteiger partial charge is 0.244 e. The second kappa shape index (κ2) is 14.7. The number of carbonyl (C=O) groups is 2. The summed E-state index contributed by atoms with van der Waals surface area (Å²) in [6.45, 7) is 8.39. The average Bonchev–Trinajstić information content (AvgIpc) is 2.94. The molecule has 3 rings (SSSR count). The summed E-state index contributed by atoms with van der Waals surface area (Å²) in [7, 11) is -3.83. The number of ether oxygens (including phenoxy) is 1. The summed E-state index contributed by atoms with van der Waals surface area (Å²) in [5, 5.41) is 2.94. The zero-order valence-electron chi connectivity index (χ0n) is 24.5. The van der Waals surface area contributed by atoms with Crippen molar-refractivity contribution in [1.29, 1.82) is 0 Å². The number of carbonyl (C=O) groups excluding carboxylic acids is 2. The van der Waals surface area contributed by atoms with E-state index in [1.165, 1.54) is 4.90 Å². The first-order valence-corrected chi connectivity index (χ1v) is 15.7. The molecule has 0 saturated heterocycles. The Balaban J connectivity index is 1.85. The van der Waals surface area contributed by atoms with Gasteiger partial charge in [-0.05, 0) is 60.2 Å². The third-order valence-corrected chi connectivity index (χ3v) is 7.87. The minimum atomic E-state index is -3.83. The molecule has 220 valence electrons. The number of benzene rings is 3. The Hall–Kier alpha value is -3.85. The summed E-state index contributed by atoms with van der Waals surface area (Å²) in [5.41, 5.74) is 3.22. The van der Waals surface area contributed by atoms with Gasteiger partial charge < -0.3 is 15.0 Å². The van der Waals surface area contributed by atoms with Gasteiger partial charge in [0.1, 0.15) is 24.9 Å². The Labute approximate surface area is 244 Å². The van der Waals surface area contributed by atoms with Gasteiger partial charge in [-0.1, -0.05) is 75.4 Å². The number of sulfonamides is 1. The lowest BCUT2D eigenvalue weighted by Gasteiger charge is -2.33. The van der Waals surface area contributed by atoms with Gasteiger partial charge in [0, 0.05) is 13.1 Å². The van der Waals surface area contributed by atoms with Crippen molar-refractivity contribution in [3.63, 3.8) is 0 Å². The average molecular weight is 580 g/mol. The van der Waals surface area contributed by atoms with E-state index in [0.29, 0.717) is 31.0 Å². The van der Waals surface area contributed by atoms with Gasteiger partial charge in [0.05, 0.1) is 11.9 Å². The highest BCUT2D eigenvalue weighted by atomic mass is 32.2. The zero-order valence-corrected chi connectivity index (χ0v) is 25.4. The van der Waals surface area contributed by atoms with E-state index < -0.39 is 28.5 Å². The third-order valence-electron chi connectivity index (χ3n) is 6.72. The van der Waals surface area contributed by atoms with Gasteiger partial charge in [-0.25, -0.2) is 8.42 Å². The van der Waals surface area contributed by atoms with Gasteiger partial charge in [0.15, 0.2) is 0 Å². The standard InChI is InChI=1S/C32H41N3O5S/c1-6-30(32(37)33-20-24(2)3)34(21-27-15-11-10-12-25(27)4)31(36)22-35(41(5,38)39)28-16-18-29(19-17-28)40-23-26-13-8-7-9-14-26/h7-19,24,30H,6,20-23H2,1-5H3,(H,33,37)/t30-/m0/s1. The Bertz CT molecular complexity index is 1390. The van der Waals surface area contributed by atoms with Crippen molar-refractivity contribution in [2.75, 3.05) is 23.7 Å². The molecule has 0 unspecified atom stereocenters. The van der Waals surface area contributed by atoms with Crippen molar-refractivity contribution in [3.05, 3.63) is 95.6 Å². The molecule has 0 aromatic heterocycles. The summed E-state index contributed by atoms with van der Waals surface area (Å²) in [4.78, 5) is 28.6. The summed E-state index contributed by atoms with van der Waals surface area (Å²) >= 11 is 0. The Kier molecular flexibility index (Phi) is 11.3. The molecule has 1 N–H and O–H groups in total. The quantitative estimate of drug-likeness (QED) is 0.293. The molecule has 9 heteroatoms. The molecule has 0 radical (unpaired) electrons. The molecule has 41 heavy (non-hydrogen) atoms. The zero-order chi connectivity index (χ0) is 30.0. The molecular formula is C32H41N3O5S. The van der Waals surface area contributed by atoms with Crippen molar-refractivity contribution in [2.24, 2.45) is 5.92 Å². The van der Waals surface area contributed by atoms with E-state index >= 15 is 0 Å². The Morgan fingerprint density at radius 1 is 0.927 bits per heavy atom. The van der Waals surface area contributed by atoms with Gasteiger partial charge >= 0.3 is 0 Å². The summed E-state index contributed by atoms with van der Waals surface area (Å²) in [6.07, 6.45) is 1.45. The van der Waals surface area contributed by atoms with Crippen LogP contribution in [0.15, 0.2) is 78.9 Å². The fourth-order valence-electron chi connectivity index (χ4n) is 4.38. The molecule has 3 aromatic rings. The van der Waals surface area contributed by atoms with E-state index in [1.807, 2.05) is 82.3 Å². The minimum Gasteiger partial charge on any atom is -0.489 e. The van der Waals surface area contributed by atoms with Crippen molar-refractivity contribution in [3.8, 4) is 5.75 Å². The van der Waals surface area contributed by atoms with Crippen LogP contribution < -0.4 is 14.4 Å². The van der Waals surface area contributed by atoms with Crippen molar-refractivity contribution >= 4 is 27.5 Å². The monoisotopic (exact) mass is 579 g/mol. The van der Waals surface area contributed by atoms with E-state index in [-0.39, 0.29) is 18.4 Å². The fourth-order valence-corrected chi connectivity index (χ4v) is 5.23. The van der Waals surface area contributed by atoms with Crippen LogP contribution in [-0.4, -0.2) is 50.5 Å². The predicted molar refractivity (Wildman–Crippen MR) is 163 cm³/mol. The highest BCUT2D eigenvalue weighted by Gasteiger charge is 2.32. The van der Waals surface area contributed by atoms with E-state index in [9.17, 15) is 18.0 Å². The van der Waals surface area contributed by atoms with Crippen LogP contribution in [0.1, 0.15) is 43.9 Å². The molecule has 0 aliphatic rings. The molecule has 0 heterocycles. The molecule has 0 aliphatic carbocycles. The Morgan fingerprint density at radius 2 is 1.56 bits per heavy atom.